The first-order valence-electron chi connectivity index (χ1n) is 36.6. The van der Waals surface area contributed by atoms with E-state index in [1.807, 2.05) is 40.3 Å². The van der Waals surface area contributed by atoms with E-state index in [0.717, 1.165) is 102 Å². The van der Waals surface area contributed by atoms with E-state index in [-0.39, 0.29) is 60.2 Å². The summed E-state index contributed by atoms with van der Waals surface area (Å²) >= 11 is 5.32. The fourth-order valence-electron chi connectivity index (χ4n) is 9.89. The molecule has 0 N–H and O–H groups in total. The predicted octanol–water partition coefficient (Wildman–Crippen LogP) is 21.3. The third kappa shape index (κ3) is 76.4. The average molecular weight is 1320 g/mol. The molecule has 0 atom stereocenters. The van der Waals surface area contributed by atoms with Gasteiger partial charge in [-0.15, -0.1) is 12.4 Å². The number of hydrogen-bond donors (Lipinski definition) is 1. The van der Waals surface area contributed by atoms with Gasteiger partial charge in [0.2, 0.25) is 0 Å². The molecule has 0 heterocycles. The summed E-state index contributed by atoms with van der Waals surface area (Å²) in [5.41, 5.74) is 0. The number of nitrogens with zero attached hydrogens (tertiary/aromatic N) is 3. The Morgan fingerprint density at radius 3 is 1.01 bits per heavy atom. The van der Waals surface area contributed by atoms with Gasteiger partial charge in [0.25, 0.3) is 5.24 Å². The molecule has 0 spiro atoms. The molecule has 0 aliphatic rings. The number of unbranched alkanes of at least 4 members (excludes halogenated alkanes) is 28. The maximum Gasteiger partial charge on any atom is 0.306 e. The van der Waals surface area contributed by atoms with Crippen molar-refractivity contribution in [2.24, 2.45) is 0 Å². The number of halogens is 1. The van der Waals surface area contributed by atoms with Crippen LogP contribution in [0.25, 0.3) is 0 Å². The van der Waals surface area contributed by atoms with Crippen molar-refractivity contribution >= 4 is 65.9 Å². The van der Waals surface area contributed by atoms with E-state index >= 15 is 0 Å². The number of carbonyl (C=O) groups is 5. The van der Waals surface area contributed by atoms with E-state index in [1.54, 1.807) is 4.90 Å². The second-order valence-electron chi connectivity index (χ2n) is 24.9. The molecule has 0 aliphatic heterocycles. The van der Waals surface area contributed by atoms with Gasteiger partial charge in [0, 0.05) is 63.4 Å². The average Bonchev–Trinajstić information content (AvgIpc) is 3.58. The minimum Gasteiger partial charge on any atom is -0.462 e. The summed E-state index contributed by atoms with van der Waals surface area (Å²) in [6.45, 7) is 16.9. The highest BCUT2D eigenvalue weighted by molar-refractivity contribution is 8.13. The minimum atomic E-state index is -0.239. The Kier molecular flexibility index (Phi) is 80.0. The third-order valence-electron chi connectivity index (χ3n) is 15.5. The SMILES string of the molecule is CCCCCC/C=C\COC(=O)CCCCCCCC(=O)OC(CCCCCCC)CCCCCCC.CCCCCC/C=C\COC(=O)CCCN(CCCC(=O)OC(CCCCCCC)CCCCCCC)C(=O)SCCN(C)C.CN(C)CCS.Cl. The summed E-state index contributed by atoms with van der Waals surface area (Å²) in [6.07, 6.45) is 56.4. The third-order valence-corrected chi connectivity index (χ3v) is 16.6. The summed E-state index contributed by atoms with van der Waals surface area (Å²) in [5.74, 6) is 1.14. The highest BCUT2D eigenvalue weighted by Gasteiger charge is 2.19. The van der Waals surface area contributed by atoms with Gasteiger partial charge in [-0.2, -0.15) is 12.6 Å². The van der Waals surface area contributed by atoms with E-state index in [9.17, 15) is 24.0 Å². The van der Waals surface area contributed by atoms with Crippen LogP contribution in [0.1, 0.15) is 330 Å². The number of allylic oxidation sites excluding steroid dienone is 2. The van der Waals surface area contributed by atoms with Crippen molar-refractivity contribution in [1.82, 2.24) is 14.7 Å². The van der Waals surface area contributed by atoms with Gasteiger partial charge in [-0.3, -0.25) is 24.0 Å². The Morgan fingerprint density at radius 2 is 0.674 bits per heavy atom. The molecule has 0 saturated carbocycles. The zero-order chi connectivity index (χ0) is 65.6. The zero-order valence-corrected chi connectivity index (χ0v) is 62.2. The molecule has 0 aromatic rings. The fraction of sp³-hybridized carbons (Fsp3) is 0.878. The number of thioether (sulfide) groups is 1. The maximum absolute atomic E-state index is 13.0. The molecule has 15 heteroatoms. The largest absolute Gasteiger partial charge is 0.462 e. The Hall–Kier alpha value is -2.26. The lowest BCUT2D eigenvalue weighted by Gasteiger charge is -2.23. The molecule has 0 radical (unpaired) electrons. The van der Waals surface area contributed by atoms with Crippen molar-refractivity contribution < 1.29 is 42.9 Å². The Bertz CT molecular complexity index is 1560. The lowest BCUT2D eigenvalue weighted by atomic mass is 10.0. The molecular weight excluding hydrogens is 1170 g/mol. The molecular formula is C74H144ClN3O9S2. The van der Waals surface area contributed by atoms with Gasteiger partial charge in [-0.25, -0.2) is 0 Å². The van der Waals surface area contributed by atoms with Gasteiger partial charge in [-0.05, 0) is 131 Å². The van der Waals surface area contributed by atoms with E-state index in [0.29, 0.717) is 64.2 Å². The van der Waals surface area contributed by atoms with Crippen LogP contribution in [0.3, 0.4) is 0 Å². The molecule has 0 saturated heterocycles. The molecule has 12 nitrogen and oxygen atoms in total. The van der Waals surface area contributed by atoms with Crippen LogP contribution in [-0.4, -0.2) is 135 Å². The molecule has 0 aromatic heterocycles. The van der Waals surface area contributed by atoms with Gasteiger partial charge in [0.05, 0.1) is 0 Å². The van der Waals surface area contributed by atoms with Crippen molar-refractivity contribution in [2.75, 3.05) is 79.1 Å². The highest BCUT2D eigenvalue weighted by atomic mass is 35.5. The monoisotopic (exact) mass is 1320 g/mol. The molecule has 0 bridgehead atoms. The standard InChI is InChI=1S/C37H70N2O5S.C33H62O4.C4H11NS.ClH/c1-6-9-12-15-16-19-22-32-43-35(40)27-23-29-39(37(42)45-33-31-38(4)5)30-24-28-36(41)44-34(25-20-17-13-10-7-2)26-21-18-14-11-8-3;1-4-7-10-13-14-20-25-30-36-32(34)28-23-18-15-19-24-29-33(35)37-31(26-21-16-11-8-5-2)27-22-17-12-9-6-3;1-5(2)3-4-6;/h19,22,34H,6-18,20-21,23-33H2,1-5H3;20,25,31H,4-19,21-24,26-30H2,1-3H3;6H,3-4H2,1-2H3;1H/b22-19-;25-20-;;. The zero-order valence-electron chi connectivity index (χ0n) is 59.7. The Balaban J connectivity index is -0.000000745. The number of ether oxygens (including phenoxy) is 4. The molecule has 89 heavy (non-hydrogen) atoms. The quantitative estimate of drug-likeness (QED) is 0.0204. The summed E-state index contributed by atoms with van der Waals surface area (Å²) in [6, 6.07) is 0. The second-order valence-corrected chi connectivity index (χ2v) is 26.4. The smallest absolute Gasteiger partial charge is 0.306 e. The van der Waals surface area contributed by atoms with Crippen LogP contribution < -0.4 is 0 Å². The van der Waals surface area contributed by atoms with E-state index in [2.05, 4.69) is 76.1 Å². The first-order chi connectivity index (χ1) is 42.7. The molecule has 528 valence electrons. The minimum absolute atomic E-state index is 0. The van der Waals surface area contributed by atoms with Crippen LogP contribution in [0.5, 0.6) is 0 Å². The van der Waals surface area contributed by atoms with Crippen molar-refractivity contribution in [3.63, 3.8) is 0 Å². The molecule has 0 rings (SSSR count). The van der Waals surface area contributed by atoms with Crippen LogP contribution in [0.4, 0.5) is 4.79 Å². The molecule has 0 fully saturated rings. The van der Waals surface area contributed by atoms with Crippen LogP contribution in [-0.2, 0) is 38.1 Å². The van der Waals surface area contributed by atoms with Gasteiger partial charge < -0.3 is 33.6 Å². The number of rotatable bonds is 61. The van der Waals surface area contributed by atoms with Crippen LogP contribution in [0.15, 0.2) is 24.3 Å². The molecule has 0 aromatic carbocycles. The number of hydrogen-bond acceptors (Lipinski definition) is 13. The first kappa shape index (κ1) is 93.1. The summed E-state index contributed by atoms with van der Waals surface area (Å²) in [4.78, 5) is 68.3. The first-order valence-corrected chi connectivity index (χ1v) is 38.2. The highest BCUT2D eigenvalue weighted by Crippen LogP contribution is 2.21. The van der Waals surface area contributed by atoms with Crippen molar-refractivity contribution in [1.29, 1.82) is 0 Å². The van der Waals surface area contributed by atoms with Gasteiger partial charge >= 0.3 is 23.9 Å². The van der Waals surface area contributed by atoms with E-state index < -0.39 is 0 Å². The fourth-order valence-corrected chi connectivity index (χ4v) is 11.3. The Labute approximate surface area is 566 Å². The van der Waals surface area contributed by atoms with Crippen LogP contribution in [0, 0.1) is 0 Å². The lowest BCUT2D eigenvalue weighted by molar-refractivity contribution is -0.151. The maximum atomic E-state index is 13.0. The number of esters is 4. The van der Waals surface area contributed by atoms with Gasteiger partial charge in [0.15, 0.2) is 0 Å². The van der Waals surface area contributed by atoms with Gasteiger partial charge in [-0.1, -0.05) is 238 Å². The normalized spacial score (nSPS) is 11.3. The van der Waals surface area contributed by atoms with Crippen molar-refractivity contribution in [2.45, 2.75) is 343 Å². The number of thiol groups is 1. The topological polar surface area (TPSA) is 132 Å². The van der Waals surface area contributed by atoms with E-state index in [1.165, 1.54) is 179 Å². The summed E-state index contributed by atoms with van der Waals surface area (Å²) < 4.78 is 22.5. The summed E-state index contributed by atoms with van der Waals surface area (Å²) in [7, 11) is 8.06. The summed E-state index contributed by atoms with van der Waals surface area (Å²) in [5, 5.41) is 0.00151. The van der Waals surface area contributed by atoms with Crippen LogP contribution >= 0.6 is 36.8 Å². The van der Waals surface area contributed by atoms with Crippen LogP contribution in [0.2, 0.25) is 0 Å². The van der Waals surface area contributed by atoms with Crippen molar-refractivity contribution in [3.05, 3.63) is 24.3 Å². The van der Waals surface area contributed by atoms with Gasteiger partial charge in [0.1, 0.15) is 25.4 Å². The van der Waals surface area contributed by atoms with E-state index in [4.69, 9.17) is 18.9 Å². The molecule has 0 unspecified atom stereocenters. The lowest BCUT2D eigenvalue weighted by Crippen LogP contribution is -2.31. The molecule has 0 aliphatic carbocycles. The number of carbonyl (C=O) groups excluding carboxylic acids is 5. The van der Waals surface area contributed by atoms with Crippen molar-refractivity contribution in [3.8, 4) is 0 Å². The number of amides is 1. The molecule has 1 amide bonds. The second kappa shape index (κ2) is 76.5. The predicted molar refractivity (Wildman–Crippen MR) is 389 cm³/mol. The Morgan fingerprint density at radius 1 is 0.371 bits per heavy atom.